The fourth-order valence-corrected chi connectivity index (χ4v) is 3.78. The van der Waals surface area contributed by atoms with Crippen LogP contribution in [0.25, 0.3) is 0 Å². The highest BCUT2D eigenvalue weighted by atomic mass is 16.5. The lowest BCUT2D eigenvalue weighted by molar-refractivity contribution is -0.140. The molecule has 2 aliphatic heterocycles. The molecule has 2 atom stereocenters. The second-order valence-corrected chi connectivity index (χ2v) is 6.98. The van der Waals surface area contributed by atoms with Gasteiger partial charge in [0.15, 0.2) is 6.61 Å². The number of piperidine rings is 1. The summed E-state index contributed by atoms with van der Waals surface area (Å²) in [5.74, 6) is -0.0481. The van der Waals surface area contributed by atoms with E-state index in [-0.39, 0.29) is 24.6 Å². The Morgan fingerprint density at radius 1 is 1.23 bits per heavy atom. The third-order valence-corrected chi connectivity index (χ3v) is 5.13. The van der Waals surface area contributed by atoms with Gasteiger partial charge < -0.3 is 19.3 Å². The molecule has 26 heavy (non-hydrogen) atoms. The van der Waals surface area contributed by atoms with Gasteiger partial charge in [-0.15, -0.1) is 0 Å². The fourth-order valence-electron chi connectivity index (χ4n) is 3.78. The van der Waals surface area contributed by atoms with Crippen LogP contribution in [0.4, 0.5) is 5.82 Å². The molecule has 1 amide bonds. The van der Waals surface area contributed by atoms with Crippen molar-refractivity contribution in [3.8, 4) is 0 Å². The molecule has 1 aromatic rings. The summed E-state index contributed by atoms with van der Waals surface area (Å²) in [6.45, 7) is 6.44. The highest BCUT2D eigenvalue weighted by molar-refractivity contribution is 5.96. The Hall–Kier alpha value is -2.15. The summed E-state index contributed by atoms with van der Waals surface area (Å²) in [5.41, 5.74) is 0.391. The summed E-state index contributed by atoms with van der Waals surface area (Å²) in [4.78, 5) is 33.3. The molecule has 2 fully saturated rings. The zero-order chi connectivity index (χ0) is 18.5. The van der Waals surface area contributed by atoms with Gasteiger partial charge in [0, 0.05) is 31.4 Å². The minimum absolute atomic E-state index is 0.130. The first kappa shape index (κ1) is 18.6. The van der Waals surface area contributed by atoms with E-state index < -0.39 is 5.97 Å². The van der Waals surface area contributed by atoms with E-state index in [1.807, 2.05) is 23.6 Å². The maximum atomic E-state index is 12.6. The monoisotopic (exact) mass is 361 g/mol. The fraction of sp³-hybridized carbons (Fsp3) is 0.632. The van der Waals surface area contributed by atoms with Crippen LogP contribution in [0.5, 0.6) is 0 Å². The number of nitrogens with zero attached hydrogens (tertiary/aromatic N) is 3. The van der Waals surface area contributed by atoms with E-state index in [0.717, 1.165) is 19.3 Å². The smallest absolute Gasteiger partial charge is 0.342 e. The van der Waals surface area contributed by atoms with Crippen LogP contribution in [-0.4, -0.2) is 66.8 Å². The highest BCUT2D eigenvalue weighted by Gasteiger charge is 2.30. The van der Waals surface area contributed by atoms with Crippen molar-refractivity contribution in [1.29, 1.82) is 0 Å². The number of likely N-dealkylation sites (tertiary alicyclic amines) is 1. The predicted octanol–water partition coefficient (Wildman–Crippen LogP) is 1.86. The molecule has 7 nitrogen and oxygen atoms in total. The first-order valence-corrected chi connectivity index (χ1v) is 9.34. The van der Waals surface area contributed by atoms with E-state index in [4.69, 9.17) is 9.47 Å². The van der Waals surface area contributed by atoms with Crippen molar-refractivity contribution < 1.29 is 19.1 Å². The lowest BCUT2D eigenvalue weighted by Gasteiger charge is -2.38. The lowest BCUT2D eigenvalue weighted by Crippen LogP contribution is -2.49. The molecule has 0 unspecified atom stereocenters. The van der Waals surface area contributed by atoms with Gasteiger partial charge in [0.25, 0.3) is 5.91 Å². The molecular formula is C19H27N3O4. The minimum Gasteiger partial charge on any atom is -0.452 e. The SMILES string of the molecule is C[C@H]1CCC[C@H](C)N1C(=O)COC(=O)c1cccnc1N1CCOCC1. The molecule has 0 spiro atoms. The topological polar surface area (TPSA) is 72.0 Å². The second-order valence-electron chi connectivity index (χ2n) is 6.98. The van der Waals surface area contributed by atoms with E-state index in [9.17, 15) is 9.59 Å². The van der Waals surface area contributed by atoms with Gasteiger partial charge >= 0.3 is 5.97 Å². The molecule has 1 aromatic heterocycles. The number of ether oxygens (including phenoxy) is 2. The third kappa shape index (κ3) is 4.15. The Morgan fingerprint density at radius 3 is 2.62 bits per heavy atom. The number of amides is 1. The largest absolute Gasteiger partial charge is 0.452 e. The number of anilines is 1. The molecule has 0 saturated carbocycles. The van der Waals surface area contributed by atoms with Crippen LogP contribution in [0.3, 0.4) is 0 Å². The summed E-state index contributed by atoms with van der Waals surface area (Å²) < 4.78 is 10.7. The Morgan fingerprint density at radius 2 is 1.92 bits per heavy atom. The van der Waals surface area contributed by atoms with Gasteiger partial charge in [0.2, 0.25) is 0 Å². The molecule has 0 aromatic carbocycles. The number of hydrogen-bond acceptors (Lipinski definition) is 6. The van der Waals surface area contributed by atoms with Crippen LogP contribution >= 0.6 is 0 Å². The average molecular weight is 361 g/mol. The summed E-state index contributed by atoms with van der Waals surface area (Å²) in [6.07, 6.45) is 4.77. The minimum atomic E-state index is -0.509. The van der Waals surface area contributed by atoms with E-state index in [1.165, 1.54) is 0 Å². The summed E-state index contributed by atoms with van der Waals surface area (Å²) in [7, 11) is 0. The molecule has 0 aliphatic carbocycles. The summed E-state index contributed by atoms with van der Waals surface area (Å²) >= 11 is 0. The zero-order valence-corrected chi connectivity index (χ0v) is 15.5. The summed E-state index contributed by atoms with van der Waals surface area (Å²) in [5, 5.41) is 0. The van der Waals surface area contributed by atoms with Crippen molar-refractivity contribution in [1.82, 2.24) is 9.88 Å². The van der Waals surface area contributed by atoms with E-state index in [2.05, 4.69) is 4.98 Å². The lowest BCUT2D eigenvalue weighted by atomic mass is 9.97. The normalized spacial score (nSPS) is 23.6. The second kappa shape index (κ2) is 8.49. The van der Waals surface area contributed by atoms with Gasteiger partial charge in [0.05, 0.1) is 13.2 Å². The van der Waals surface area contributed by atoms with Crippen LogP contribution in [-0.2, 0) is 14.3 Å². The number of pyridine rings is 1. The number of aromatic nitrogens is 1. The number of morpholine rings is 1. The number of rotatable bonds is 4. The average Bonchev–Trinajstić information content (AvgIpc) is 2.66. The van der Waals surface area contributed by atoms with Crippen molar-refractivity contribution in [3.63, 3.8) is 0 Å². The van der Waals surface area contributed by atoms with E-state index in [1.54, 1.807) is 18.3 Å². The molecule has 3 rings (SSSR count). The third-order valence-electron chi connectivity index (χ3n) is 5.13. The Bertz CT molecular complexity index is 635. The van der Waals surface area contributed by atoms with Crippen LogP contribution in [0.1, 0.15) is 43.5 Å². The van der Waals surface area contributed by atoms with E-state index >= 15 is 0 Å². The van der Waals surface area contributed by atoms with Crippen molar-refractivity contribution in [2.75, 3.05) is 37.8 Å². The molecule has 2 saturated heterocycles. The number of carbonyl (C=O) groups excluding carboxylic acids is 2. The van der Waals surface area contributed by atoms with Gasteiger partial charge in [-0.3, -0.25) is 4.79 Å². The predicted molar refractivity (Wildman–Crippen MR) is 97.2 cm³/mol. The van der Waals surface area contributed by atoms with Crippen molar-refractivity contribution >= 4 is 17.7 Å². The molecular weight excluding hydrogens is 334 g/mol. The van der Waals surface area contributed by atoms with Gasteiger partial charge in [-0.1, -0.05) is 0 Å². The first-order valence-electron chi connectivity index (χ1n) is 9.34. The van der Waals surface area contributed by atoms with Gasteiger partial charge in [-0.25, -0.2) is 9.78 Å². The quantitative estimate of drug-likeness (QED) is 0.763. The van der Waals surface area contributed by atoms with Crippen LogP contribution < -0.4 is 4.90 Å². The maximum absolute atomic E-state index is 12.6. The molecule has 2 aliphatic rings. The van der Waals surface area contributed by atoms with Crippen molar-refractivity contribution in [2.45, 2.75) is 45.2 Å². The van der Waals surface area contributed by atoms with Gasteiger partial charge in [-0.2, -0.15) is 0 Å². The summed E-state index contributed by atoms with van der Waals surface area (Å²) in [6, 6.07) is 3.77. The standard InChI is InChI=1S/C19H27N3O4/c1-14-5-3-6-15(2)22(14)17(23)13-26-19(24)16-7-4-8-20-18(16)21-9-11-25-12-10-21/h4,7-8,14-15H,3,5-6,9-13H2,1-2H3/t14-,15-/m0/s1. The van der Waals surface area contributed by atoms with E-state index in [0.29, 0.717) is 37.7 Å². The number of esters is 1. The first-order chi connectivity index (χ1) is 12.6. The molecule has 7 heteroatoms. The van der Waals surface area contributed by atoms with Gasteiger partial charge in [0.1, 0.15) is 11.4 Å². The van der Waals surface area contributed by atoms with Crippen LogP contribution in [0.2, 0.25) is 0 Å². The van der Waals surface area contributed by atoms with Crippen LogP contribution in [0.15, 0.2) is 18.3 Å². The molecule has 0 bridgehead atoms. The van der Waals surface area contributed by atoms with Crippen molar-refractivity contribution in [3.05, 3.63) is 23.9 Å². The van der Waals surface area contributed by atoms with Gasteiger partial charge in [-0.05, 0) is 45.2 Å². The molecule has 3 heterocycles. The van der Waals surface area contributed by atoms with Crippen molar-refractivity contribution in [2.24, 2.45) is 0 Å². The number of carbonyl (C=O) groups is 2. The molecule has 0 N–H and O–H groups in total. The highest BCUT2D eigenvalue weighted by Crippen LogP contribution is 2.23. The number of hydrogen-bond donors (Lipinski definition) is 0. The maximum Gasteiger partial charge on any atom is 0.342 e. The Kier molecular flexibility index (Phi) is 6.08. The Labute approximate surface area is 154 Å². The molecule has 0 radical (unpaired) electrons. The van der Waals surface area contributed by atoms with Crippen LogP contribution in [0, 0.1) is 0 Å². The Balaban J connectivity index is 1.64. The zero-order valence-electron chi connectivity index (χ0n) is 15.5. The molecule has 142 valence electrons.